The van der Waals surface area contributed by atoms with Crippen molar-refractivity contribution >= 4 is 23.0 Å². The van der Waals surface area contributed by atoms with E-state index in [1.807, 2.05) is 45.0 Å². The molecule has 7 nitrogen and oxygen atoms in total. The lowest BCUT2D eigenvalue weighted by molar-refractivity contribution is -0.120. The topological polar surface area (TPSA) is 84.7 Å². The summed E-state index contributed by atoms with van der Waals surface area (Å²) < 4.78 is 10.7. The summed E-state index contributed by atoms with van der Waals surface area (Å²) in [4.78, 5) is 26.6. The minimum atomic E-state index is -0.531. The fraction of sp³-hybridized carbons (Fsp3) is 0.550. The van der Waals surface area contributed by atoms with Gasteiger partial charge in [-0.2, -0.15) is 0 Å². The van der Waals surface area contributed by atoms with Gasteiger partial charge in [0.1, 0.15) is 11.3 Å². The van der Waals surface area contributed by atoms with Gasteiger partial charge in [-0.05, 0) is 52.2 Å². The molecule has 0 spiro atoms. The Hall–Kier alpha value is -2.57. The molecule has 1 N–H and O–H groups in total. The van der Waals surface area contributed by atoms with Gasteiger partial charge in [-0.25, -0.2) is 4.79 Å². The average Bonchev–Trinajstić information content (AvgIpc) is 3.02. The normalized spacial score (nSPS) is 17.7. The van der Waals surface area contributed by atoms with Crippen LogP contribution in [-0.2, 0) is 16.0 Å². The van der Waals surface area contributed by atoms with Crippen LogP contribution >= 0.6 is 0 Å². The highest BCUT2D eigenvalue weighted by molar-refractivity contribution is 5.86. The van der Waals surface area contributed by atoms with Crippen LogP contribution in [0.2, 0.25) is 0 Å². The molecule has 3 rings (SSSR count). The molecular weight excluding hydrogens is 346 g/mol. The van der Waals surface area contributed by atoms with Crippen molar-refractivity contribution in [2.75, 3.05) is 13.1 Å². The number of nitrogens with zero attached hydrogens (tertiary/aromatic N) is 2. The summed E-state index contributed by atoms with van der Waals surface area (Å²) >= 11 is 0. The number of piperidine rings is 1. The van der Waals surface area contributed by atoms with Gasteiger partial charge in [0.05, 0.1) is 12.5 Å². The fourth-order valence-electron chi connectivity index (χ4n) is 3.29. The Labute approximate surface area is 159 Å². The quantitative estimate of drug-likeness (QED) is 0.889. The molecule has 0 radical (unpaired) electrons. The molecule has 0 unspecified atom stereocenters. The van der Waals surface area contributed by atoms with Crippen LogP contribution in [0.5, 0.6) is 0 Å². The lowest BCUT2D eigenvalue weighted by atomic mass is 10.0. The first-order valence-corrected chi connectivity index (χ1v) is 9.43. The molecule has 0 aliphatic carbocycles. The van der Waals surface area contributed by atoms with Gasteiger partial charge in [0.25, 0.3) is 0 Å². The van der Waals surface area contributed by atoms with E-state index in [1.54, 1.807) is 4.90 Å². The molecule has 27 heavy (non-hydrogen) atoms. The highest BCUT2D eigenvalue weighted by Crippen LogP contribution is 2.21. The maximum Gasteiger partial charge on any atom is 0.410 e. The summed E-state index contributed by atoms with van der Waals surface area (Å²) in [5.41, 5.74) is 0.760. The van der Waals surface area contributed by atoms with Crippen LogP contribution in [0, 0.1) is 0 Å². The number of nitrogens with one attached hydrogen (secondary N) is 1. The molecular formula is C20H27N3O4. The van der Waals surface area contributed by atoms with Crippen molar-refractivity contribution in [2.45, 2.75) is 58.1 Å². The van der Waals surface area contributed by atoms with Crippen LogP contribution in [0.15, 0.2) is 28.8 Å². The minimum absolute atomic E-state index is 0.0494. The van der Waals surface area contributed by atoms with Crippen molar-refractivity contribution in [1.29, 1.82) is 0 Å². The van der Waals surface area contributed by atoms with Crippen molar-refractivity contribution in [3.8, 4) is 0 Å². The van der Waals surface area contributed by atoms with E-state index in [2.05, 4.69) is 10.5 Å². The third kappa shape index (κ3) is 4.99. The van der Waals surface area contributed by atoms with Crippen LogP contribution in [-0.4, -0.2) is 46.8 Å². The summed E-state index contributed by atoms with van der Waals surface area (Å²) in [6, 6.07) is 7.42. The third-order valence-corrected chi connectivity index (χ3v) is 4.57. The van der Waals surface area contributed by atoms with E-state index in [0.29, 0.717) is 24.4 Å². The molecule has 1 aromatic carbocycles. The molecule has 2 aromatic rings. The first kappa shape index (κ1) is 19.2. The largest absolute Gasteiger partial charge is 0.444 e. The Morgan fingerprint density at radius 1 is 1.30 bits per heavy atom. The van der Waals surface area contributed by atoms with Crippen molar-refractivity contribution < 1.29 is 18.8 Å². The first-order valence-electron chi connectivity index (χ1n) is 9.43. The second-order valence-corrected chi connectivity index (χ2v) is 7.93. The van der Waals surface area contributed by atoms with Crippen molar-refractivity contribution in [3.63, 3.8) is 0 Å². The minimum Gasteiger partial charge on any atom is -0.444 e. The number of aromatic nitrogens is 1. The van der Waals surface area contributed by atoms with Gasteiger partial charge in [-0.3, -0.25) is 4.79 Å². The number of benzene rings is 1. The summed E-state index contributed by atoms with van der Waals surface area (Å²) in [6.45, 7) is 6.63. The van der Waals surface area contributed by atoms with Crippen LogP contribution in [0.4, 0.5) is 4.79 Å². The SMILES string of the molecule is CC(C)(C)OC(=O)N1CCCC[C@H]1CNC(=O)Cc1noc2ccccc12. The molecule has 0 bridgehead atoms. The second-order valence-electron chi connectivity index (χ2n) is 7.93. The van der Waals surface area contributed by atoms with Crippen molar-refractivity contribution in [2.24, 2.45) is 0 Å². The Morgan fingerprint density at radius 2 is 2.07 bits per heavy atom. The van der Waals surface area contributed by atoms with Crippen molar-refractivity contribution in [3.05, 3.63) is 30.0 Å². The zero-order chi connectivity index (χ0) is 19.4. The lowest BCUT2D eigenvalue weighted by Crippen LogP contribution is -2.51. The monoisotopic (exact) mass is 373 g/mol. The maximum atomic E-state index is 12.4. The standard InChI is InChI=1S/C20H27N3O4/c1-20(2,3)26-19(25)23-11-7-6-8-14(23)13-21-18(24)12-16-15-9-4-5-10-17(15)27-22-16/h4-5,9-10,14H,6-8,11-13H2,1-3H3,(H,21,24)/t14-/m0/s1. The van der Waals surface area contributed by atoms with E-state index < -0.39 is 5.60 Å². The van der Waals surface area contributed by atoms with Gasteiger partial charge in [0.15, 0.2) is 5.58 Å². The number of carbonyl (C=O) groups excluding carboxylic acids is 2. The third-order valence-electron chi connectivity index (χ3n) is 4.57. The Balaban J connectivity index is 1.57. The number of ether oxygens (including phenoxy) is 1. The van der Waals surface area contributed by atoms with E-state index in [4.69, 9.17) is 9.26 Å². The number of rotatable bonds is 4. The van der Waals surface area contributed by atoms with Gasteiger partial charge in [-0.15, -0.1) is 0 Å². The van der Waals surface area contributed by atoms with Crippen LogP contribution in [0.3, 0.4) is 0 Å². The molecule has 1 fully saturated rings. The number of likely N-dealkylation sites (tertiary alicyclic amines) is 1. The number of amides is 2. The average molecular weight is 373 g/mol. The van der Waals surface area contributed by atoms with E-state index in [0.717, 1.165) is 24.6 Å². The zero-order valence-electron chi connectivity index (χ0n) is 16.2. The first-order chi connectivity index (χ1) is 12.8. The van der Waals surface area contributed by atoms with Gasteiger partial charge in [0, 0.05) is 18.5 Å². The Bertz CT molecular complexity index is 809. The second kappa shape index (κ2) is 7.98. The molecule has 1 aromatic heterocycles. The number of hydrogen-bond donors (Lipinski definition) is 1. The fourth-order valence-corrected chi connectivity index (χ4v) is 3.29. The summed E-state index contributed by atoms with van der Waals surface area (Å²) in [5.74, 6) is -0.135. The summed E-state index contributed by atoms with van der Waals surface area (Å²) in [5, 5.41) is 7.77. The summed E-state index contributed by atoms with van der Waals surface area (Å²) in [7, 11) is 0. The van der Waals surface area contributed by atoms with Crippen LogP contribution < -0.4 is 5.32 Å². The predicted octanol–water partition coefficient (Wildman–Crippen LogP) is 3.28. The van der Waals surface area contributed by atoms with Gasteiger partial charge in [0.2, 0.25) is 5.91 Å². The number of para-hydroxylation sites is 1. The number of carbonyl (C=O) groups is 2. The lowest BCUT2D eigenvalue weighted by Gasteiger charge is -2.36. The van der Waals surface area contributed by atoms with E-state index in [-0.39, 0.29) is 24.5 Å². The molecule has 1 atom stereocenters. The van der Waals surface area contributed by atoms with E-state index >= 15 is 0 Å². The molecule has 146 valence electrons. The van der Waals surface area contributed by atoms with Crippen LogP contribution in [0.25, 0.3) is 11.0 Å². The highest BCUT2D eigenvalue weighted by atomic mass is 16.6. The van der Waals surface area contributed by atoms with E-state index in [1.165, 1.54) is 0 Å². The van der Waals surface area contributed by atoms with Crippen LogP contribution in [0.1, 0.15) is 45.7 Å². The molecule has 0 saturated carbocycles. The highest BCUT2D eigenvalue weighted by Gasteiger charge is 2.30. The van der Waals surface area contributed by atoms with E-state index in [9.17, 15) is 9.59 Å². The number of fused-ring (bicyclic) bond motifs is 1. The van der Waals surface area contributed by atoms with Crippen molar-refractivity contribution in [1.82, 2.24) is 15.4 Å². The molecule has 1 aliphatic rings. The molecule has 1 saturated heterocycles. The molecule has 1 aliphatic heterocycles. The Morgan fingerprint density at radius 3 is 2.85 bits per heavy atom. The number of hydrogen-bond acceptors (Lipinski definition) is 5. The van der Waals surface area contributed by atoms with Gasteiger partial charge < -0.3 is 19.5 Å². The summed E-state index contributed by atoms with van der Waals surface area (Å²) in [6.07, 6.45) is 2.68. The molecule has 2 heterocycles. The maximum absolute atomic E-state index is 12.4. The molecule has 7 heteroatoms. The Kier molecular flexibility index (Phi) is 5.68. The predicted molar refractivity (Wildman–Crippen MR) is 101 cm³/mol. The zero-order valence-corrected chi connectivity index (χ0v) is 16.2. The smallest absolute Gasteiger partial charge is 0.410 e. The molecule has 2 amide bonds. The van der Waals surface area contributed by atoms with Gasteiger partial charge >= 0.3 is 6.09 Å². The van der Waals surface area contributed by atoms with Gasteiger partial charge in [-0.1, -0.05) is 17.3 Å².